The van der Waals surface area contributed by atoms with Crippen molar-refractivity contribution in [2.75, 3.05) is 6.61 Å². The summed E-state index contributed by atoms with van der Waals surface area (Å²) in [6.07, 6.45) is 4.80. The molecule has 4 nitrogen and oxygen atoms in total. The normalized spacial score (nSPS) is 21.2. The second kappa shape index (κ2) is 7.62. The van der Waals surface area contributed by atoms with Crippen molar-refractivity contribution >= 4 is 12.1 Å². The monoisotopic (exact) mass is 252 g/mol. The van der Waals surface area contributed by atoms with Gasteiger partial charge >= 0.3 is 12.1 Å². The summed E-state index contributed by atoms with van der Waals surface area (Å²) >= 11 is 0. The third-order valence-corrected chi connectivity index (χ3v) is 3.20. The summed E-state index contributed by atoms with van der Waals surface area (Å²) in [4.78, 5) is 28.1. The Bertz CT molecular complexity index is 375. The predicted octanol–water partition coefficient (Wildman–Crippen LogP) is 2.66. The van der Waals surface area contributed by atoms with Gasteiger partial charge in [0.25, 0.3) is 0 Å². The molecule has 0 aromatic rings. The third-order valence-electron chi connectivity index (χ3n) is 3.20. The SMILES string of the molecule is C=C(C)C1=CCC(CC)(C(=O)OCC)C1.O=C=O. The predicted molar refractivity (Wildman–Crippen MR) is 66.5 cm³/mol. The molecule has 0 saturated carbocycles. The average Bonchev–Trinajstić information content (AvgIpc) is 2.76. The molecule has 0 aromatic heterocycles. The van der Waals surface area contributed by atoms with Crippen LogP contribution < -0.4 is 0 Å². The Hall–Kier alpha value is -1.67. The Kier molecular flexibility index (Phi) is 6.91. The van der Waals surface area contributed by atoms with Crippen LogP contribution in [0.1, 0.15) is 40.0 Å². The minimum absolute atomic E-state index is 0.0556. The van der Waals surface area contributed by atoms with Crippen molar-refractivity contribution in [3.05, 3.63) is 23.8 Å². The highest BCUT2D eigenvalue weighted by atomic mass is 16.5. The Morgan fingerprint density at radius 3 is 2.39 bits per heavy atom. The lowest BCUT2D eigenvalue weighted by atomic mass is 9.81. The van der Waals surface area contributed by atoms with Crippen molar-refractivity contribution in [3.63, 3.8) is 0 Å². The fraction of sp³-hybridized carbons (Fsp3) is 0.571. The van der Waals surface area contributed by atoms with Crippen molar-refractivity contribution < 1.29 is 19.1 Å². The molecule has 1 unspecified atom stereocenters. The standard InChI is InChI=1S/C13H20O2.CO2/c1-5-13(12(14)15-6-2)8-7-11(9-13)10(3)4;2-1-3/h7H,3,5-6,8-9H2,1-2,4H3;. The van der Waals surface area contributed by atoms with E-state index < -0.39 is 0 Å². The highest BCUT2D eigenvalue weighted by molar-refractivity contribution is 5.78. The first kappa shape index (κ1) is 16.3. The lowest BCUT2D eigenvalue weighted by molar-refractivity contribution is -0.191. The van der Waals surface area contributed by atoms with Gasteiger partial charge in [0.05, 0.1) is 12.0 Å². The third kappa shape index (κ3) is 3.97. The van der Waals surface area contributed by atoms with Crippen LogP contribution in [-0.4, -0.2) is 18.7 Å². The number of carbonyl (C=O) groups excluding carboxylic acids is 3. The van der Waals surface area contributed by atoms with Crippen molar-refractivity contribution in [2.24, 2.45) is 5.41 Å². The Balaban J connectivity index is 0.000000873. The number of hydrogen-bond donors (Lipinski definition) is 0. The summed E-state index contributed by atoms with van der Waals surface area (Å²) in [5.41, 5.74) is 1.96. The zero-order chi connectivity index (χ0) is 14.2. The Morgan fingerprint density at radius 1 is 1.50 bits per heavy atom. The topological polar surface area (TPSA) is 60.4 Å². The Labute approximate surface area is 108 Å². The molecule has 0 saturated heterocycles. The van der Waals surface area contributed by atoms with Gasteiger partial charge in [-0.05, 0) is 38.7 Å². The fourth-order valence-corrected chi connectivity index (χ4v) is 2.01. The fourth-order valence-electron chi connectivity index (χ4n) is 2.01. The van der Waals surface area contributed by atoms with Gasteiger partial charge in [0.2, 0.25) is 0 Å². The molecule has 0 spiro atoms. The summed E-state index contributed by atoms with van der Waals surface area (Å²) in [6, 6.07) is 0. The first-order chi connectivity index (χ1) is 8.47. The summed E-state index contributed by atoms with van der Waals surface area (Å²) in [5.74, 6) is -0.0556. The number of rotatable bonds is 4. The van der Waals surface area contributed by atoms with Crippen molar-refractivity contribution in [1.29, 1.82) is 0 Å². The number of hydrogen-bond acceptors (Lipinski definition) is 4. The van der Waals surface area contributed by atoms with E-state index >= 15 is 0 Å². The van der Waals surface area contributed by atoms with Crippen LogP contribution in [0.25, 0.3) is 0 Å². The largest absolute Gasteiger partial charge is 0.466 e. The van der Waals surface area contributed by atoms with Crippen LogP contribution in [0.3, 0.4) is 0 Å². The maximum atomic E-state index is 11.9. The molecule has 1 atom stereocenters. The van der Waals surface area contributed by atoms with E-state index in [0.29, 0.717) is 6.61 Å². The molecule has 100 valence electrons. The lowest BCUT2D eigenvalue weighted by Crippen LogP contribution is -2.30. The molecule has 1 aliphatic rings. The van der Waals surface area contributed by atoms with E-state index in [1.54, 1.807) is 0 Å². The molecule has 0 aromatic carbocycles. The van der Waals surface area contributed by atoms with Crippen molar-refractivity contribution in [2.45, 2.75) is 40.0 Å². The molecule has 0 heterocycles. The van der Waals surface area contributed by atoms with E-state index in [1.807, 2.05) is 20.8 Å². The molecule has 0 bridgehead atoms. The number of ether oxygens (including phenoxy) is 1. The summed E-state index contributed by atoms with van der Waals surface area (Å²) in [6.45, 7) is 10.3. The summed E-state index contributed by atoms with van der Waals surface area (Å²) in [7, 11) is 0. The Morgan fingerprint density at radius 2 is 2.06 bits per heavy atom. The minimum Gasteiger partial charge on any atom is -0.466 e. The van der Waals surface area contributed by atoms with E-state index in [1.165, 1.54) is 5.57 Å². The quantitative estimate of drug-likeness (QED) is 0.722. The molecule has 18 heavy (non-hydrogen) atoms. The van der Waals surface area contributed by atoms with Gasteiger partial charge in [-0.25, -0.2) is 0 Å². The first-order valence-corrected chi connectivity index (χ1v) is 5.98. The van der Waals surface area contributed by atoms with E-state index in [-0.39, 0.29) is 17.5 Å². The molecule has 0 amide bonds. The molecule has 0 radical (unpaired) electrons. The van der Waals surface area contributed by atoms with Crippen molar-refractivity contribution in [1.82, 2.24) is 0 Å². The van der Waals surface area contributed by atoms with E-state index in [4.69, 9.17) is 14.3 Å². The van der Waals surface area contributed by atoms with Gasteiger partial charge in [-0.3, -0.25) is 4.79 Å². The van der Waals surface area contributed by atoms with Gasteiger partial charge in [-0.2, -0.15) is 9.59 Å². The maximum Gasteiger partial charge on any atom is 0.373 e. The van der Waals surface area contributed by atoms with Gasteiger partial charge in [0.1, 0.15) is 0 Å². The molecule has 0 N–H and O–H groups in total. The number of carbonyl (C=O) groups is 1. The van der Waals surface area contributed by atoms with E-state index in [2.05, 4.69) is 12.7 Å². The van der Waals surface area contributed by atoms with Crippen LogP contribution in [0.15, 0.2) is 23.8 Å². The molecule has 4 heteroatoms. The van der Waals surface area contributed by atoms with Crippen LogP contribution >= 0.6 is 0 Å². The van der Waals surface area contributed by atoms with E-state index in [0.717, 1.165) is 24.8 Å². The van der Waals surface area contributed by atoms with Gasteiger partial charge in [-0.15, -0.1) is 0 Å². The number of allylic oxidation sites excluding steroid dienone is 3. The zero-order valence-corrected chi connectivity index (χ0v) is 11.2. The molecular weight excluding hydrogens is 232 g/mol. The minimum atomic E-state index is -0.315. The maximum absolute atomic E-state index is 11.9. The van der Waals surface area contributed by atoms with Gasteiger partial charge in [0, 0.05) is 0 Å². The number of esters is 1. The highest BCUT2D eigenvalue weighted by Crippen LogP contribution is 2.43. The molecule has 0 aliphatic heterocycles. The van der Waals surface area contributed by atoms with Gasteiger partial charge in [-0.1, -0.05) is 25.2 Å². The molecule has 0 fully saturated rings. The van der Waals surface area contributed by atoms with Crippen molar-refractivity contribution in [3.8, 4) is 0 Å². The van der Waals surface area contributed by atoms with Gasteiger partial charge < -0.3 is 4.74 Å². The molecule has 1 aliphatic carbocycles. The second-order valence-corrected chi connectivity index (χ2v) is 4.33. The van der Waals surface area contributed by atoms with Crippen LogP contribution in [0.5, 0.6) is 0 Å². The summed E-state index contributed by atoms with van der Waals surface area (Å²) < 4.78 is 5.15. The van der Waals surface area contributed by atoms with Crippen LogP contribution in [-0.2, 0) is 19.1 Å². The average molecular weight is 252 g/mol. The molecular formula is C14H20O4. The zero-order valence-electron chi connectivity index (χ0n) is 11.2. The van der Waals surface area contributed by atoms with Crippen LogP contribution in [0.4, 0.5) is 0 Å². The smallest absolute Gasteiger partial charge is 0.373 e. The van der Waals surface area contributed by atoms with Gasteiger partial charge in [0.15, 0.2) is 0 Å². The highest BCUT2D eigenvalue weighted by Gasteiger charge is 2.41. The second-order valence-electron chi connectivity index (χ2n) is 4.33. The summed E-state index contributed by atoms with van der Waals surface area (Å²) in [5, 5.41) is 0. The lowest BCUT2D eigenvalue weighted by Gasteiger charge is -2.25. The van der Waals surface area contributed by atoms with Crippen LogP contribution in [0, 0.1) is 5.41 Å². The van der Waals surface area contributed by atoms with E-state index in [9.17, 15) is 4.79 Å². The van der Waals surface area contributed by atoms with Crippen LogP contribution in [0.2, 0.25) is 0 Å². The molecule has 1 rings (SSSR count). The first-order valence-electron chi connectivity index (χ1n) is 5.98.